The highest BCUT2D eigenvalue weighted by Gasteiger charge is 2.09. The van der Waals surface area contributed by atoms with Crippen molar-refractivity contribution in [3.05, 3.63) is 66.2 Å². The highest BCUT2D eigenvalue weighted by atomic mass is 16.5. The lowest BCUT2D eigenvalue weighted by atomic mass is 10.3. The number of ether oxygens (including phenoxy) is 1. The van der Waals surface area contributed by atoms with E-state index in [-0.39, 0.29) is 11.6 Å². The fourth-order valence-corrected chi connectivity index (χ4v) is 2.03. The number of amides is 1. The molecule has 0 aliphatic heterocycles. The molecule has 24 heavy (non-hydrogen) atoms. The number of aromatic nitrogens is 2. The Morgan fingerprint density at radius 3 is 2.79 bits per heavy atom. The lowest BCUT2D eigenvalue weighted by Gasteiger charge is -2.07. The van der Waals surface area contributed by atoms with Crippen molar-refractivity contribution < 1.29 is 13.9 Å². The molecule has 0 bridgehead atoms. The highest BCUT2D eigenvalue weighted by molar-refractivity contribution is 6.02. The van der Waals surface area contributed by atoms with Crippen LogP contribution >= 0.6 is 0 Å². The van der Waals surface area contributed by atoms with Crippen LogP contribution < -0.4 is 15.4 Å². The van der Waals surface area contributed by atoms with Crippen LogP contribution in [0.1, 0.15) is 16.2 Å². The third-order valence-corrected chi connectivity index (χ3v) is 3.25. The molecular weight excluding hydrogens is 308 g/mol. The normalized spacial score (nSPS) is 10.2. The third-order valence-electron chi connectivity index (χ3n) is 3.25. The van der Waals surface area contributed by atoms with Gasteiger partial charge in [0.2, 0.25) is 0 Å². The van der Waals surface area contributed by atoms with Crippen molar-refractivity contribution in [1.29, 1.82) is 0 Å². The minimum absolute atomic E-state index is 0.223. The number of hydrogen-bond acceptors (Lipinski definition) is 6. The Kier molecular flexibility index (Phi) is 4.71. The molecule has 122 valence electrons. The van der Waals surface area contributed by atoms with Gasteiger partial charge >= 0.3 is 0 Å². The number of carbonyl (C=O) groups is 1. The van der Waals surface area contributed by atoms with E-state index in [4.69, 9.17) is 9.15 Å². The quantitative estimate of drug-likeness (QED) is 0.724. The molecule has 2 N–H and O–H groups in total. The number of nitrogens with zero attached hydrogens (tertiary/aromatic N) is 2. The number of carbonyl (C=O) groups excluding carboxylic acids is 1. The van der Waals surface area contributed by atoms with Gasteiger partial charge in [0.25, 0.3) is 5.91 Å². The fraction of sp³-hybridized carbons (Fsp3) is 0.118. The van der Waals surface area contributed by atoms with Crippen molar-refractivity contribution in [2.45, 2.75) is 6.54 Å². The topological polar surface area (TPSA) is 89.3 Å². The molecular formula is C17H16N4O3. The molecule has 0 aliphatic rings. The summed E-state index contributed by atoms with van der Waals surface area (Å²) < 4.78 is 10.3. The minimum Gasteiger partial charge on any atom is -0.497 e. The number of anilines is 2. The number of hydrogen-bond donors (Lipinski definition) is 2. The summed E-state index contributed by atoms with van der Waals surface area (Å²) in [6, 6.07) is 14.1. The van der Waals surface area contributed by atoms with Gasteiger partial charge in [-0.3, -0.25) is 4.79 Å². The van der Waals surface area contributed by atoms with E-state index in [0.717, 1.165) is 5.76 Å². The Bertz CT molecular complexity index is 801. The molecule has 7 nitrogen and oxygen atoms in total. The van der Waals surface area contributed by atoms with Crippen LogP contribution in [-0.4, -0.2) is 23.2 Å². The molecule has 3 rings (SSSR count). The average Bonchev–Trinajstić information content (AvgIpc) is 3.14. The van der Waals surface area contributed by atoms with E-state index in [0.29, 0.717) is 23.8 Å². The first-order chi connectivity index (χ1) is 11.7. The van der Waals surface area contributed by atoms with Crippen molar-refractivity contribution in [2.75, 3.05) is 17.7 Å². The predicted molar refractivity (Wildman–Crippen MR) is 89.0 cm³/mol. The number of methoxy groups -OCH3 is 1. The second-order valence-electron chi connectivity index (χ2n) is 4.92. The fourth-order valence-electron chi connectivity index (χ4n) is 2.03. The van der Waals surface area contributed by atoms with E-state index >= 15 is 0 Å². The van der Waals surface area contributed by atoms with Crippen molar-refractivity contribution in [3.8, 4) is 5.75 Å². The average molecular weight is 324 g/mol. The number of nitrogens with one attached hydrogen (secondary N) is 2. The van der Waals surface area contributed by atoms with Crippen molar-refractivity contribution >= 4 is 17.4 Å². The van der Waals surface area contributed by atoms with Gasteiger partial charge in [-0.1, -0.05) is 6.07 Å². The van der Waals surface area contributed by atoms with E-state index in [2.05, 4.69) is 20.8 Å². The van der Waals surface area contributed by atoms with Crippen LogP contribution in [0.4, 0.5) is 11.5 Å². The first-order valence-corrected chi connectivity index (χ1v) is 7.30. The first-order valence-electron chi connectivity index (χ1n) is 7.30. The van der Waals surface area contributed by atoms with E-state index in [9.17, 15) is 4.79 Å². The molecule has 1 amide bonds. The van der Waals surface area contributed by atoms with Gasteiger partial charge in [-0.2, -0.15) is 0 Å². The summed E-state index contributed by atoms with van der Waals surface area (Å²) in [6.07, 6.45) is 1.61. The maximum atomic E-state index is 12.2. The van der Waals surface area contributed by atoms with Gasteiger partial charge in [0.15, 0.2) is 5.69 Å². The Balaban J connectivity index is 1.60. The Morgan fingerprint density at radius 2 is 2.08 bits per heavy atom. The van der Waals surface area contributed by atoms with Crippen LogP contribution in [0.5, 0.6) is 5.75 Å². The van der Waals surface area contributed by atoms with Gasteiger partial charge in [0.05, 0.1) is 19.9 Å². The SMILES string of the molecule is COc1cccc(NC(=O)c2ccc(NCc3ccco3)nn2)c1. The summed E-state index contributed by atoms with van der Waals surface area (Å²) in [4.78, 5) is 12.2. The molecule has 2 aromatic heterocycles. The predicted octanol–water partition coefficient (Wildman–Crippen LogP) is 2.94. The molecule has 7 heteroatoms. The van der Waals surface area contributed by atoms with Gasteiger partial charge in [-0.15, -0.1) is 10.2 Å². The van der Waals surface area contributed by atoms with Crippen LogP contribution in [-0.2, 0) is 6.54 Å². The summed E-state index contributed by atoms with van der Waals surface area (Å²) in [5.41, 5.74) is 0.850. The van der Waals surface area contributed by atoms with E-state index in [1.807, 2.05) is 12.1 Å². The molecule has 0 aliphatic carbocycles. The van der Waals surface area contributed by atoms with E-state index in [1.54, 1.807) is 49.8 Å². The molecule has 0 saturated heterocycles. The lowest BCUT2D eigenvalue weighted by Crippen LogP contribution is -2.14. The van der Waals surface area contributed by atoms with Crippen LogP contribution in [0.2, 0.25) is 0 Å². The number of furan rings is 1. The maximum absolute atomic E-state index is 12.2. The van der Waals surface area contributed by atoms with Gasteiger partial charge in [-0.05, 0) is 36.4 Å². The zero-order chi connectivity index (χ0) is 16.8. The highest BCUT2D eigenvalue weighted by Crippen LogP contribution is 2.17. The van der Waals surface area contributed by atoms with Crippen LogP contribution in [0.3, 0.4) is 0 Å². The summed E-state index contributed by atoms with van der Waals surface area (Å²) in [5, 5.41) is 13.7. The van der Waals surface area contributed by atoms with Crippen molar-refractivity contribution in [3.63, 3.8) is 0 Å². The molecule has 0 spiro atoms. The summed E-state index contributed by atoms with van der Waals surface area (Å²) in [6.45, 7) is 0.497. The van der Waals surface area contributed by atoms with Crippen LogP contribution in [0, 0.1) is 0 Å². The summed E-state index contributed by atoms with van der Waals surface area (Å²) in [7, 11) is 1.57. The first kappa shape index (κ1) is 15.5. The van der Waals surface area contributed by atoms with Gasteiger partial charge < -0.3 is 19.8 Å². The second-order valence-corrected chi connectivity index (χ2v) is 4.92. The largest absolute Gasteiger partial charge is 0.497 e. The van der Waals surface area contributed by atoms with Crippen LogP contribution in [0.15, 0.2) is 59.2 Å². The van der Waals surface area contributed by atoms with Crippen LogP contribution in [0.25, 0.3) is 0 Å². The Morgan fingerprint density at radius 1 is 1.17 bits per heavy atom. The van der Waals surface area contributed by atoms with E-state index < -0.39 is 0 Å². The minimum atomic E-state index is -0.340. The monoisotopic (exact) mass is 324 g/mol. The number of rotatable bonds is 6. The zero-order valence-corrected chi connectivity index (χ0v) is 13.0. The van der Waals surface area contributed by atoms with Gasteiger partial charge in [0.1, 0.15) is 17.3 Å². The lowest BCUT2D eigenvalue weighted by molar-refractivity contribution is 0.102. The zero-order valence-electron chi connectivity index (χ0n) is 13.0. The Hall–Kier alpha value is -3.35. The molecule has 0 atom stereocenters. The standard InChI is InChI=1S/C17H16N4O3/c1-23-13-5-2-4-12(10-13)19-17(22)15-7-8-16(21-20-15)18-11-14-6-3-9-24-14/h2-10H,11H2,1H3,(H,18,21)(H,19,22). The molecule has 0 saturated carbocycles. The molecule has 1 aromatic carbocycles. The molecule has 3 aromatic rings. The summed E-state index contributed by atoms with van der Waals surface area (Å²) >= 11 is 0. The third kappa shape index (κ3) is 3.89. The van der Waals surface area contributed by atoms with Gasteiger partial charge in [-0.25, -0.2) is 0 Å². The van der Waals surface area contributed by atoms with E-state index in [1.165, 1.54) is 0 Å². The molecule has 0 fully saturated rings. The molecule has 0 unspecified atom stereocenters. The summed E-state index contributed by atoms with van der Waals surface area (Å²) in [5.74, 6) is 1.67. The molecule has 2 heterocycles. The second kappa shape index (κ2) is 7.28. The Labute approximate surface area is 138 Å². The maximum Gasteiger partial charge on any atom is 0.276 e. The van der Waals surface area contributed by atoms with Crippen molar-refractivity contribution in [1.82, 2.24) is 10.2 Å². The van der Waals surface area contributed by atoms with Crippen molar-refractivity contribution in [2.24, 2.45) is 0 Å². The smallest absolute Gasteiger partial charge is 0.276 e. The number of benzene rings is 1. The molecule has 0 radical (unpaired) electrons. The van der Waals surface area contributed by atoms with Gasteiger partial charge in [0, 0.05) is 11.8 Å².